The van der Waals surface area contributed by atoms with Gasteiger partial charge in [0.1, 0.15) is 5.75 Å². The third-order valence-electron chi connectivity index (χ3n) is 6.23. The van der Waals surface area contributed by atoms with Crippen LogP contribution >= 0.6 is 0 Å². The van der Waals surface area contributed by atoms with Crippen molar-refractivity contribution in [2.75, 3.05) is 5.32 Å². The number of carbonyl (C=O) groups excluding carboxylic acids is 1. The summed E-state index contributed by atoms with van der Waals surface area (Å²) in [6, 6.07) is 34.4. The third kappa shape index (κ3) is 3.41. The van der Waals surface area contributed by atoms with Gasteiger partial charge in [0.25, 0.3) is 5.79 Å². The number of benzene rings is 5. The van der Waals surface area contributed by atoms with Gasteiger partial charge in [-0.1, -0.05) is 84.9 Å². The molecule has 6 rings (SSSR count). The maximum Gasteiger partial charge on any atom is 0.277 e. The van der Waals surface area contributed by atoms with Gasteiger partial charge in [-0.3, -0.25) is 4.79 Å². The average Bonchev–Trinajstić information content (AvgIpc) is 2.88. The number of allylic oxidation sites excluding steroid dienone is 1. The molecule has 5 aromatic carbocycles. The van der Waals surface area contributed by atoms with E-state index in [0.717, 1.165) is 21.5 Å². The van der Waals surface area contributed by atoms with Gasteiger partial charge in [-0.05, 0) is 45.8 Å². The molecule has 0 saturated heterocycles. The highest BCUT2D eigenvalue weighted by molar-refractivity contribution is 6.07. The van der Waals surface area contributed by atoms with Gasteiger partial charge in [-0.15, -0.1) is 0 Å². The fraction of sp³-hybridized carbons (Fsp3) is 0.0333. The molecule has 0 aliphatic carbocycles. The van der Waals surface area contributed by atoms with Crippen LogP contribution in [0.4, 0.5) is 5.69 Å². The maximum atomic E-state index is 13.3. The quantitative estimate of drug-likeness (QED) is 0.250. The Kier molecular flexibility index (Phi) is 4.68. The molecular formula is C30H21NO3. The maximum absolute atomic E-state index is 13.3. The first-order chi connectivity index (χ1) is 16.6. The minimum atomic E-state index is -1.86. The Morgan fingerprint density at radius 1 is 0.735 bits per heavy atom. The van der Waals surface area contributed by atoms with E-state index >= 15 is 0 Å². The van der Waals surface area contributed by atoms with Crippen molar-refractivity contribution >= 4 is 33.0 Å². The summed E-state index contributed by atoms with van der Waals surface area (Å²) in [5.74, 6) is -1.57. The first kappa shape index (κ1) is 20.2. The van der Waals surface area contributed by atoms with Crippen molar-refractivity contribution < 1.29 is 14.6 Å². The Balaban J connectivity index is 1.47. The lowest BCUT2D eigenvalue weighted by molar-refractivity contribution is -0.114. The van der Waals surface area contributed by atoms with E-state index < -0.39 is 5.79 Å². The Hall–Kier alpha value is -4.41. The normalized spacial score (nSPS) is 18.3. The smallest absolute Gasteiger partial charge is 0.277 e. The summed E-state index contributed by atoms with van der Waals surface area (Å²) in [5, 5.41) is 19.2. The molecule has 0 aromatic heterocycles. The van der Waals surface area contributed by atoms with Crippen molar-refractivity contribution in [2.45, 2.75) is 5.79 Å². The summed E-state index contributed by atoms with van der Waals surface area (Å²) in [6.45, 7) is 0. The largest absolute Gasteiger partial charge is 0.450 e. The van der Waals surface area contributed by atoms with Crippen molar-refractivity contribution in [3.05, 3.63) is 132 Å². The molecule has 164 valence electrons. The number of anilines is 1. The molecule has 1 heterocycles. The van der Waals surface area contributed by atoms with Gasteiger partial charge in [0.15, 0.2) is 5.78 Å². The highest BCUT2D eigenvalue weighted by Crippen LogP contribution is 2.42. The highest BCUT2D eigenvalue weighted by atomic mass is 16.6. The van der Waals surface area contributed by atoms with E-state index in [4.69, 9.17) is 4.74 Å². The molecule has 1 aliphatic heterocycles. The van der Waals surface area contributed by atoms with E-state index in [2.05, 4.69) is 5.32 Å². The third-order valence-corrected chi connectivity index (χ3v) is 6.23. The minimum absolute atomic E-state index is 0.226. The van der Waals surface area contributed by atoms with E-state index in [9.17, 15) is 9.90 Å². The summed E-state index contributed by atoms with van der Waals surface area (Å²) in [6.07, 6.45) is 1.43. The lowest BCUT2D eigenvalue weighted by Crippen LogP contribution is -2.41. The molecule has 0 amide bonds. The molecule has 1 atom stereocenters. The fourth-order valence-corrected chi connectivity index (χ4v) is 4.41. The molecular weight excluding hydrogens is 422 g/mol. The number of para-hydroxylation sites is 2. The van der Waals surface area contributed by atoms with Gasteiger partial charge in [-0.2, -0.15) is 0 Å². The van der Waals surface area contributed by atoms with Crippen LogP contribution in [0, 0.1) is 0 Å². The van der Waals surface area contributed by atoms with Crippen LogP contribution in [0.3, 0.4) is 0 Å². The van der Waals surface area contributed by atoms with Crippen LogP contribution in [0.15, 0.2) is 121 Å². The second kappa shape index (κ2) is 7.87. The first-order valence-electron chi connectivity index (χ1n) is 11.1. The number of ether oxygens (including phenoxy) is 1. The number of ketones is 1. The predicted octanol–water partition coefficient (Wildman–Crippen LogP) is 6.41. The van der Waals surface area contributed by atoms with E-state index in [1.165, 1.54) is 6.08 Å². The van der Waals surface area contributed by atoms with Gasteiger partial charge in [0, 0.05) is 17.2 Å². The van der Waals surface area contributed by atoms with E-state index in [1.807, 2.05) is 97.1 Å². The van der Waals surface area contributed by atoms with Crippen LogP contribution in [0.5, 0.6) is 5.75 Å². The van der Waals surface area contributed by atoms with Crippen molar-refractivity contribution in [1.29, 1.82) is 0 Å². The molecule has 0 bridgehead atoms. The molecule has 2 N–H and O–H groups in total. The molecule has 4 heteroatoms. The lowest BCUT2D eigenvalue weighted by Gasteiger charge is -2.37. The van der Waals surface area contributed by atoms with Crippen LogP contribution in [0.25, 0.3) is 21.5 Å². The molecule has 1 aliphatic rings. The van der Waals surface area contributed by atoms with E-state index in [1.54, 1.807) is 12.1 Å². The molecule has 0 spiro atoms. The first-order valence-corrected chi connectivity index (χ1v) is 11.1. The van der Waals surface area contributed by atoms with Crippen LogP contribution in [0.1, 0.15) is 15.9 Å². The summed E-state index contributed by atoms with van der Waals surface area (Å²) >= 11 is 0. The Morgan fingerprint density at radius 2 is 1.35 bits per heavy atom. The van der Waals surface area contributed by atoms with Crippen LogP contribution in [0.2, 0.25) is 0 Å². The molecule has 1 unspecified atom stereocenters. The zero-order valence-electron chi connectivity index (χ0n) is 18.2. The van der Waals surface area contributed by atoms with Crippen molar-refractivity contribution in [1.82, 2.24) is 0 Å². The van der Waals surface area contributed by atoms with Crippen LogP contribution in [-0.4, -0.2) is 10.9 Å². The zero-order valence-corrected chi connectivity index (χ0v) is 18.2. The molecule has 5 aromatic rings. The predicted molar refractivity (Wildman–Crippen MR) is 135 cm³/mol. The van der Waals surface area contributed by atoms with Gasteiger partial charge >= 0.3 is 0 Å². The average molecular weight is 444 g/mol. The number of aliphatic hydroxyl groups is 1. The van der Waals surface area contributed by atoms with Crippen molar-refractivity contribution in [3.8, 4) is 5.75 Å². The SMILES string of the molecule is O=C(/C=C1\Nc2ccccc2OC1(O)c1ccc2ccccc2c1)c1ccc2ccccc2c1. The number of rotatable bonds is 3. The van der Waals surface area contributed by atoms with Gasteiger partial charge < -0.3 is 15.2 Å². The summed E-state index contributed by atoms with van der Waals surface area (Å²) in [7, 11) is 0. The number of fused-ring (bicyclic) bond motifs is 3. The van der Waals surface area contributed by atoms with Gasteiger partial charge in [0.05, 0.1) is 11.4 Å². The Bertz CT molecular complexity index is 1600. The van der Waals surface area contributed by atoms with Crippen LogP contribution in [-0.2, 0) is 5.79 Å². The minimum Gasteiger partial charge on any atom is -0.450 e. The van der Waals surface area contributed by atoms with Gasteiger partial charge in [0.2, 0.25) is 0 Å². The summed E-state index contributed by atoms with van der Waals surface area (Å²) < 4.78 is 6.15. The van der Waals surface area contributed by atoms with Crippen molar-refractivity contribution in [2.24, 2.45) is 0 Å². The topological polar surface area (TPSA) is 58.6 Å². The second-order valence-electron chi connectivity index (χ2n) is 8.41. The summed E-state index contributed by atoms with van der Waals surface area (Å²) in [5.41, 5.74) is 2.02. The number of hydrogen-bond donors (Lipinski definition) is 2. The molecule has 0 saturated carbocycles. The van der Waals surface area contributed by atoms with Gasteiger partial charge in [-0.25, -0.2) is 0 Å². The second-order valence-corrected chi connectivity index (χ2v) is 8.41. The Morgan fingerprint density at radius 3 is 2.12 bits per heavy atom. The zero-order chi connectivity index (χ0) is 23.1. The number of nitrogens with one attached hydrogen (secondary N) is 1. The Labute approximate surface area is 196 Å². The van der Waals surface area contributed by atoms with Crippen molar-refractivity contribution in [3.63, 3.8) is 0 Å². The molecule has 0 radical (unpaired) electrons. The molecule has 0 fully saturated rings. The number of carbonyl (C=O) groups is 1. The monoisotopic (exact) mass is 443 g/mol. The summed E-state index contributed by atoms with van der Waals surface area (Å²) in [4.78, 5) is 13.3. The standard InChI is InChI=1S/C30H21NO3/c32-27(24-14-13-20-7-1-3-9-22(20)17-24)19-29-30(33,34-28-12-6-5-11-26(28)31-29)25-16-15-21-8-2-4-10-23(21)18-25/h1-19,31,33H/b29-19-. The molecule has 4 nitrogen and oxygen atoms in total. The number of hydrogen-bond acceptors (Lipinski definition) is 4. The highest BCUT2D eigenvalue weighted by Gasteiger charge is 2.41. The van der Waals surface area contributed by atoms with E-state index in [0.29, 0.717) is 22.6 Å². The van der Waals surface area contributed by atoms with E-state index in [-0.39, 0.29) is 11.5 Å². The lowest BCUT2D eigenvalue weighted by atomic mass is 9.95. The molecule has 34 heavy (non-hydrogen) atoms. The van der Waals surface area contributed by atoms with Crippen LogP contribution < -0.4 is 10.1 Å². The fourth-order valence-electron chi connectivity index (χ4n) is 4.41.